The number of thiophene rings is 1. The maximum absolute atomic E-state index is 4.49. The Morgan fingerprint density at radius 3 is 2.67 bits per heavy atom. The molecule has 2 atom stereocenters. The Bertz CT molecular complexity index is 699. The molecule has 0 amide bonds. The third-order valence-corrected chi connectivity index (χ3v) is 4.43. The molecule has 0 aliphatic carbocycles. The Kier molecular flexibility index (Phi) is 3.85. The van der Waals surface area contributed by atoms with E-state index in [0.717, 1.165) is 11.6 Å². The van der Waals surface area contributed by atoms with Gasteiger partial charge in [0.1, 0.15) is 24.0 Å². The fraction of sp³-hybridized carbons (Fsp3) is 0.357. The molecule has 3 aromatic heterocycles. The highest BCUT2D eigenvalue weighted by molar-refractivity contribution is 7.10. The zero-order valence-corrected chi connectivity index (χ0v) is 13.1. The summed E-state index contributed by atoms with van der Waals surface area (Å²) in [6, 6.07) is 4.29. The van der Waals surface area contributed by atoms with Crippen molar-refractivity contribution >= 4 is 11.3 Å². The first kappa shape index (κ1) is 14.0. The van der Waals surface area contributed by atoms with Crippen molar-refractivity contribution in [3.8, 4) is 0 Å². The molecule has 0 aliphatic heterocycles. The van der Waals surface area contributed by atoms with Gasteiger partial charge in [-0.25, -0.2) is 4.98 Å². The van der Waals surface area contributed by atoms with Crippen molar-refractivity contribution in [2.45, 2.75) is 19.0 Å². The smallest absolute Gasteiger partial charge is 0.149 e. The summed E-state index contributed by atoms with van der Waals surface area (Å²) in [5.41, 5.74) is 0. The summed E-state index contributed by atoms with van der Waals surface area (Å²) in [5.74, 6) is 1.90. The molecule has 0 aliphatic rings. The van der Waals surface area contributed by atoms with E-state index in [1.54, 1.807) is 17.7 Å². The normalized spacial score (nSPS) is 14.2. The van der Waals surface area contributed by atoms with Gasteiger partial charge >= 0.3 is 0 Å². The molecule has 0 bridgehead atoms. The van der Waals surface area contributed by atoms with Gasteiger partial charge in [0.2, 0.25) is 0 Å². The molecule has 2 unspecified atom stereocenters. The van der Waals surface area contributed by atoms with E-state index in [2.05, 4.69) is 44.9 Å². The van der Waals surface area contributed by atoms with Crippen LogP contribution in [0.1, 0.15) is 35.5 Å². The summed E-state index contributed by atoms with van der Waals surface area (Å²) < 4.78 is 3.97. The van der Waals surface area contributed by atoms with Crippen molar-refractivity contribution in [2.24, 2.45) is 14.1 Å². The van der Waals surface area contributed by atoms with Crippen LogP contribution in [0, 0.1) is 0 Å². The number of aromatic nitrogens is 5. The summed E-state index contributed by atoms with van der Waals surface area (Å²) in [5, 5.41) is 13.8. The van der Waals surface area contributed by atoms with Crippen LogP contribution in [0.15, 0.2) is 36.2 Å². The van der Waals surface area contributed by atoms with Gasteiger partial charge in [0.25, 0.3) is 0 Å². The van der Waals surface area contributed by atoms with Gasteiger partial charge in [-0.05, 0) is 18.4 Å². The first-order valence-electron chi connectivity index (χ1n) is 6.77. The number of nitrogens with zero attached hydrogens (tertiary/aromatic N) is 5. The zero-order valence-electron chi connectivity index (χ0n) is 12.3. The number of aryl methyl sites for hydroxylation is 2. The van der Waals surface area contributed by atoms with Crippen molar-refractivity contribution in [2.75, 3.05) is 0 Å². The lowest BCUT2D eigenvalue weighted by Crippen LogP contribution is -2.28. The minimum absolute atomic E-state index is 0.0386. The minimum Gasteiger partial charge on any atom is -0.336 e. The number of imidazole rings is 1. The molecular formula is C14H18N6S. The summed E-state index contributed by atoms with van der Waals surface area (Å²) in [4.78, 5) is 5.73. The molecule has 21 heavy (non-hydrogen) atoms. The Balaban J connectivity index is 1.90. The molecule has 0 radical (unpaired) electrons. The molecule has 3 aromatic rings. The number of hydrogen-bond acceptors (Lipinski definition) is 5. The SMILES string of the molecule is CC(NC(c1cccs1)c1nccn1C)c1nncn1C. The quantitative estimate of drug-likeness (QED) is 0.783. The third kappa shape index (κ3) is 2.74. The van der Waals surface area contributed by atoms with E-state index in [1.165, 1.54) is 4.88 Å². The van der Waals surface area contributed by atoms with Crippen LogP contribution in [0.2, 0.25) is 0 Å². The van der Waals surface area contributed by atoms with E-state index in [-0.39, 0.29) is 12.1 Å². The second-order valence-electron chi connectivity index (χ2n) is 5.03. The Morgan fingerprint density at radius 2 is 2.10 bits per heavy atom. The number of rotatable bonds is 5. The number of hydrogen-bond donors (Lipinski definition) is 1. The van der Waals surface area contributed by atoms with Crippen molar-refractivity contribution in [1.82, 2.24) is 29.6 Å². The molecule has 0 fully saturated rings. The van der Waals surface area contributed by atoms with Crippen LogP contribution in [0.5, 0.6) is 0 Å². The Labute approximate surface area is 127 Å². The first-order chi connectivity index (χ1) is 10.2. The fourth-order valence-corrected chi connectivity index (χ4v) is 3.18. The van der Waals surface area contributed by atoms with Gasteiger partial charge in [0.05, 0.1) is 6.04 Å². The topological polar surface area (TPSA) is 60.6 Å². The largest absolute Gasteiger partial charge is 0.336 e. The lowest BCUT2D eigenvalue weighted by atomic mass is 10.2. The predicted molar refractivity (Wildman–Crippen MR) is 81.9 cm³/mol. The van der Waals surface area contributed by atoms with Crippen LogP contribution in [-0.2, 0) is 14.1 Å². The maximum atomic E-state index is 4.49. The van der Waals surface area contributed by atoms with Crippen LogP contribution < -0.4 is 5.32 Å². The van der Waals surface area contributed by atoms with Gasteiger partial charge in [-0.2, -0.15) is 0 Å². The Morgan fingerprint density at radius 1 is 1.24 bits per heavy atom. The average Bonchev–Trinajstić information content (AvgIpc) is 3.17. The molecule has 3 rings (SSSR count). The van der Waals surface area contributed by atoms with Gasteiger partial charge in [-0.3, -0.25) is 5.32 Å². The molecule has 0 aromatic carbocycles. The summed E-state index contributed by atoms with van der Waals surface area (Å²) >= 11 is 1.72. The lowest BCUT2D eigenvalue weighted by molar-refractivity contribution is 0.467. The van der Waals surface area contributed by atoms with Gasteiger partial charge < -0.3 is 9.13 Å². The highest BCUT2D eigenvalue weighted by Crippen LogP contribution is 2.27. The van der Waals surface area contributed by atoms with Crippen molar-refractivity contribution in [3.05, 3.63) is 52.8 Å². The van der Waals surface area contributed by atoms with Gasteiger partial charge in [0.15, 0.2) is 0 Å². The average molecular weight is 302 g/mol. The first-order valence-corrected chi connectivity index (χ1v) is 7.65. The van der Waals surface area contributed by atoms with Crippen LogP contribution in [0.25, 0.3) is 0 Å². The lowest BCUT2D eigenvalue weighted by Gasteiger charge is -2.21. The fourth-order valence-electron chi connectivity index (χ4n) is 2.40. The number of nitrogens with one attached hydrogen (secondary N) is 1. The third-order valence-electron chi connectivity index (χ3n) is 3.49. The molecule has 0 spiro atoms. The minimum atomic E-state index is 0.0386. The standard InChI is InChI=1S/C14H18N6S/c1-10(13-18-16-9-20(13)3)17-12(11-5-4-8-21-11)14-15-6-7-19(14)2/h4-10,12,17H,1-3H3. The van der Waals surface area contributed by atoms with E-state index < -0.39 is 0 Å². The van der Waals surface area contributed by atoms with E-state index in [0.29, 0.717) is 0 Å². The molecule has 1 N–H and O–H groups in total. The van der Waals surface area contributed by atoms with Crippen LogP contribution in [0.4, 0.5) is 0 Å². The monoisotopic (exact) mass is 302 g/mol. The predicted octanol–water partition coefficient (Wildman–Crippen LogP) is 2.05. The van der Waals surface area contributed by atoms with Crippen LogP contribution in [0.3, 0.4) is 0 Å². The summed E-state index contributed by atoms with van der Waals surface area (Å²) in [6.45, 7) is 2.09. The second kappa shape index (κ2) is 5.79. The molecule has 6 nitrogen and oxygen atoms in total. The molecule has 0 saturated heterocycles. The van der Waals surface area contributed by atoms with E-state index in [9.17, 15) is 0 Å². The molecule has 7 heteroatoms. The van der Waals surface area contributed by atoms with Gasteiger partial charge in [-0.15, -0.1) is 21.5 Å². The van der Waals surface area contributed by atoms with Crippen molar-refractivity contribution in [1.29, 1.82) is 0 Å². The Hall–Kier alpha value is -1.99. The van der Waals surface area contributed by atoms with Crippen LogP contribution >= 0.6 is 11.3 Å². The molecule has 3 heterocycles. The van der Waals surface area contributed by atoms with Gasteiger partial charge in [-0.1, -0.05) is 6.07 Å². The van der Waals surface area contributed by atoms with E-state index in [4.69, 9.17) is 0 Å². The zero-order chi connectivity index (χ0) is 14.8. The molecule has 110 valence electrons. The maximum Gasteiger partial charge on any atom is 0.149 e. The summed E-state index contributed by atoms with van der Waals surface area (Å²) in [7, 11) is 3.96. The molecule has 0 saturated carbocycles. The highest BCUT2D eigenvalue weighted by Gasteiger charge is 2.23. The van der Waals surface area contributed by atoms with E-state index >= 15 is 0 Å². The molecular weight excluding hydrogens is 284 g/mol. The second-order valence-corrected chi connectivity index (χ2v) is 6.01. The highest BCUT2D eigenvalue weighted by atomic mass is 32.1. The van der Waals surface area contributed by atoms with Crippen molar-refractivity contribution < 1.29 is 0 Å². The summed E-state index contributed by atoms with van der Waals surface area (Å²) in [6.07, 6.45) is 5.50. The van der Waals surface area contributed by atoms with E-state index in [1.807, 2.05) is 35.6 Å². The van der Waals surface area contributed by atoms with Crippen LogP contribution in [-0.4, -0.2) is 24.3 Å². The van der Waals surface area contributed by atoms with Gasteiger partial charge in [0, 0.05) is 31.4 Å². The van der Waals surface area contributed by atoms with Crippen molar-refractivity contribution in [3.63, 3.8) is 0 Å².